The van der Waals surface area contributed by atoms with Crippen LogP contribution >= 0.6 is 15.9 Å². The molecule has 168 valence electrons. The van der Waals surface area contributed by atoms with Crippen molar-refractivity contribution in [3.63, 3.8) is 0 Å². The molecule has 32 heavy (non-hydrogen) atoms. The number of hydrogen-bond acceptors (Lipinski definition) is 4. The highest BCUT2D eigenvalue weighted by atomic mass is 79.9. The number of unbranched alkanes of at least 4 members (excludes halogenated alkanes) is 3. The van der Waals surface area contributed by atoms with E-state index >= 15 is 0 Å². The first-order chi connectivity index (χ1) is 15.3. The molecule has 2 aromatic carbocycles. The van der Waals surface area contributed by atoms with Crippen molar-refractivity contribution in [2.24, 2.45) is 0 Å². The topological polar surface area (TPSA) is 75.7 Å². The van der Waals surface area contributed by atoms with Crippen LogP contribution in [0.3, 0.4) is 0 Å². The fraction of sp³-hybridized carbons (Fsp3) is 0.320. The smallest absolute Gasteiger partial charge is 0.335 e. The molecule has 0 spiro atoms. The van der Waals surface area contributed by atoms with Crippen LogP contribution < -0.4 is 15.0 Å². The number of amides is 4. The van der Waals surface area contributed by atoms with Gasteiger partial charge < -0.3 is 4.74 Å². The Bertz CT molecular complexity index is 1080. The van der Waals surface area contributed by atoms with E-state index < -0.39 is 17.8 Å². The van der Waals surface area contributed by atoms with Crippen molar-refractivity contribution in [1.29, 1.82) is 0 Å². The van der Waals surface area contributed by atoms with Crippen LogP contribution in [0.5, 0.6) is 5.75 Å². The third kappa shape index (κ3) is 5.46. The number of benzene rings is 2. The molecule has 4 amide bonds. The Morgan fingerprint density at radius 1 is 1.00 bits per heavy atom. The minimum atomic E-state index is -0.762. The number of imide groups is 2. The molecule has 3 rings (SSSR count). The molecule has 1 aliphatic rings. The zero-order valence-electron chi connectivity index (χ0n) is 18.5. The number of nitrogens with one attached hydrogen (secondary N) is 1. The number of anilines is 1. The molecule has 1 N–H and O–H groups in total. The summed E-state index contributed by atoms with van der Waals surface area (Å²) in [5.41, 5.74) is 2.85. The summed E-state index contributed by atoms with van der Waals surface area (Å²) >= 11 is 3.43. The third-order valence-corrected chi connectivity index (χ3v) is 5.87. The van der Waals surface area contributed by atoms with E-state index in [0.29, 0.717) is 23.6 Å². The first-order valence-electron chi connectivity index (χ1n) is 10.7. The van der Waals surface area contributed by atoms with Crippen molar-refractivity contribution in [2.75, 3.05) is 11.5 Å². The van der Waals surface area contributed by atoms with Crippen LogP contribution in [-0.4, -0.2) is 24.5 Å². The Hall–Kier alpha value is -2.93. The van der Waals surface area contributed by atoms with Gasteiger partial charge in [-0.05, 0) is 67.8 Å². The Labute approximate surface area is 196 Å². The predicted molar refractivity (Wildman–Crippen MR) is 129 cm³/mol. The summed E-state index contributed by atoms with van der Waals surface area (Å²) in [5.74, 6) is -0.822. The normalized spacial score (nSPS) is 15.3. The van der Waals surface area contributed by atoms with Gasteiger partial charge in [-0.3, -0.25) is 14.9 Å². The lowest BCUT2D eigenvalue weighted by Crippen LogP contribution is -2.54. The van der Waals surface area contributed by atoms with Crippen LogP contribution in [0.2, 0.25) is 0 Å². The van der Waals surface area contributed by atoms with Crippen molar-refractivity contribution in [1.82, 2.24) is 5.32 Å². The number of carbonyl (C=O) groups excluding carboxylic acids is 3. The zero-order valence-corrected chi connectivity index (χ0v) is 20.1. The number of hydrogen-bond donors (Lipinski definition) is 1. The van der Waals surface area contributed by atoms with Crippen molar-refractivity contribution in [3.05, 3.63) is 63.1 Å². The van der Waals surface area contributed by atoms with Gasteiger partial charge in [0.1, 0.15) is 11.3 Å². The number of urea groups is 1. The highest BCUT2D eigenvalue weighted by Gasteiger charge is 2.37. The summed E-state index contributed by atoms with van der Waals surface area (Å²) in [5, 5.41) is 2.27. The predicted octanol–water partition coefficient (Wildman–Crippen LogP) is 5.69. The number of halogens is 1. The van der Waals surface area contributed by atoms with Gasteiger partial charge in [-0.25, -0.2) is 9.69 Å². The van der Waals surface area contributed by atoms with E-state index in [0.717, 1.165) is 46.2 Å². The lowest BCUT2D eigenvalue weighted by molar-refractivity contribution is -0.122. The molecule has 1 fully saturated rings. The van der Waals surface area contributed by atoms with Crippen LogP contribution in [-0.2, 0) is 9.59 Å². The van der Waals surface area contributed by atoms with E-state index in [9.17, 15) is 14.4 Å². The highest BCUT2D eigenvalue weighted by molar-refractivity contribution is 9.10. The summed E-state index contributed by atoms with van der Waals surface area (Å²) in [4.78, 5) is 39.2. The number of barbiturate groups is 1. The van der Waals surface area contributed by atoms with Gasteiger partial charge in [0, 0.05) is 10.0 Å². The largest absolute Gasteiger partial charge is 0.493 e. The lowest BCUT2D eigenvalue weighted by atomic mass is 10.0. The molecule has 0 aliphatic carbocycles. The highest BCUT2D eigenvalue weighted by Crippen LogP contribution is 2.29. The molecule has 0 bridgehead atoms. The molecule has 1 heterocycles. The van der Waals surface area contributed by atoms with Gasteiger partial charge in [0.25, 0.3) is 11.8 Å². The van der Waals surface area contributed by atoms with Crippen molar-refractivity contribution < 1.29 is 19.1 Å². The van der Waals surface area contributed by atoms with E-state index in [2.05, 4.69) is 28.2 Å². The zero-order chi connectivity index (χ0) is 23.3. The molecule has 0 saturated carbocycles. The maximum atomic E-state index is 13.2. The van der Waals surface area contributed by atoms with Gasteiger partial charge in [-0.15, -0.1) is 0 Å². The van der Waals surface area contributed by atoms with Crippen molar-refractivity contribution in [2.45, 2.75) is 46.5 Å². The Morgan fingerprint density at radius 3 is 2.50 bits per heavy atom. The summed E-state index contributed by atoms with van der Waals surface area (Å²) < 4.78 is 6.71. The fourth-order valence-electron chi connectivity index (χ4n) is 3.39. The quantitative estimate of drug-likeness (QED) is 0.288. The molecule has 0 unspecified atom stereocenters. The average Bonchev–Trinajstić information content (AvgIpc) is 2.74. The summed E-state index contributed by atoms with van der Waals surface area (Å²) in [6, 6.07) is 9.95. The lowest BCUT2D eigenvalue weighted by Gasteiger charge is -2.27. The molecule has 1 saturated heterocycles. The Kier molecular flexibility index (Phi) is 7.85. The van der Waals surface area contributed by atoms with Crippen molar-refractivity contribution in [3.8, 4) is 5.75 Å². The van der Waals surface area contributed by atoms with Gasteiger partial charge >= 0.3 is 6.03 Å². The van der Waals surface area contributed by atoms with Crippen molar-refractivity contribution >= 4 is 45.5 Å². The molecule has 0 radical (unpaired) electrons. The number of aryl methyl sites for hydroxylation is 2. The first kappa shape index (κ1) is 23.7. The maximum absolute atomic E-state index is 13.2. The first-order valence-corrected chi connectivity index (χ1v) is 11.5. The minimum absolute atomic E-state index is 0.128. The van der Waals surface area contributed by atoms with Crippen LogP contribution in [0.15, 0.2) is 46.4 Å². The molecule has 0 atom stereocenters. The molecular formula is C25H27BrN2O4. The monoisotopic (exact) mass is 498 g/mol. The van der Waals surface area contributed by atoms with Gasteiger partial charge in [0.2, 0.25) is 0 Å². The average molecular weight is 499 g/mol. The number of ether oxygens (including phenoxy) is 1. The second kappa shape index (κ2) is 10.6. The van der Waals surface area contributed by atoms with E-state index in [4.69, 9.17) is 4.74 Å². The second-order valence-corrected chi connectivity index (χ2v) is 8.73. The van der Waals surface area contributed by atoms with Crippen LogP contribution in [0.25, 0.3) is 6.08 Å². The SMILES string of the molecule is CCCCCCOc1ccc(Br)cc1/C=C1/C(=O)NC(=O)N(c2ccc(C)c(C)c2)C1=O. The summed E-state index contributed by atoms with van der Waals surface area (Å²) in [6.07, 6.45) is 5.77. The summed E-state index contributed by atoms with van der Waals surface area (Å²) in [7, 11) is 0. The van der Waals surface area contributed by atoms with Gasteiger partial charge in [0.15, 0.2) is 0 Å². The molecular weight excluding hydrogens is 472 g/mol. The van der Waals surface area contributed by atoms with Crippen LogP contribution in [0, 0.1) is 13.8 Å². The third-order valence-electron chi connectivity index (χ3n) is 5.38. The number of carbonyl (C=O) groups is 3. The molecule has 2 aromatic rings. The second-order valence-electron chi connectivity index (χ2n) is 7.82. The fourth-order valence-corrected chi connectivity index (χ4v) is 3.77. The van der Waals surface area contributed by atoms with E-state index in [1.807, 2.05) is 26.0 Å². The molecule has 0 aromatic heterocycles. The molecule has 1 aliphatic heterocycles. The van der Waals surface area contributed by atoms with E-state index in [1.165, 1.54) is 6.08 Å². The van der Waals surface area contributed by atoms with Gasteiger partial charge in [-0.2, -0.15) is 0 Å². The number of rotatable bonds is 8. The van der Waals surface area contributed by atoms with Crippen LogP contribution in [0.4, 0.5) is 10.5 Å². The Morgan fingerprint density at radius 2 is 1.78 bits per heavy atom. The molecule has 7 heteroatoms. The standard InChI is InChI=1S/C25H27BrN2O4/c1-4-5-6-7-12-32-22-11-9-19(26)14-18(22)15-21-23(29)27-25(31)28(24(21)30)20-10-8-16(2)17(3)13-20/h8-11,13-15H,4-7,12H2,1-3H3,(H,27,29,31)/b21-15-. The van der Waals surface area contributed by atoms with Crippen LogP contribution in [0.1, 0.15) is 49.3 Å². The minimum Gasteiger partial charge on any atom is -0.493 e. The molecule has 6 nitrogen and oxygen atoms in total. The van der Waals surface area contributed by atoms with E-state index in [-0.39, 0.29) is 5.57 Å². The van der Waals surface area contributed by atoms with Gasteiger partial charge in [-0.1, -0.05) is 48.2 Å². The van der Waals surface area contributed by atoms with E-state index in [1.54, 1.807) is 24.3 Å². The van der Waals surface area contributed by atoms with Gasteiger partial charge in [0.05, 0.1) is 12.3 Å². The summed E-state index contributed by atoms with van der Waals surface area (Å²) in [6.45, 7) is 6.55. The number of nitrogens with zero attached hydrogens (tertiary/aromatic N) is 1. The Balaban J connectivity index is 1.92. The maximum Gasteiger partial charge on any atom is 0.335 e.